The number of nitrogens with two attached hydrogens (primary N) is 1. The van der Waals surface area contributed by atoms with Crippen LogP contribution in [0.3, 0.4) is 0 Å². The van der Waals surface area contributed by atoms with Gasteiger partial charge in [0.05, 0.1) is 17.7 Å². The van der Waals surface area contributed by atoms with Crippen molar-refractivity contribution in [1.29, 1.82) is 0 Å². The zero-order valence-electron chi connectivity index (χ0n) is 9.64. The Hall–Kier alpha value is -1.68. The maximum absolute atomic E-state index is 5.56. The van der Waals surface area contributed by atoms with Gasteiger partial charge in [-0.25, -0.2) is 4.98 Å². The van der Waals surface area contributed by atoms with E-state index in [1.54, 1.807) is 6.20 Å². The predicted molar refractivity (Wildman–Crippen MR) is 62.9 cm³/mol. The fourth-order valence-corrected chi connectivity index (χ4v) is 1.64. The maximum Gasteiger partial charge on any atom is 0.0954 e. The van der Waals surface area contributed by atoms with Gasteiger partial charge in [-0.1, -0.05) is 0 Å². The molecule has 0 amide bonds. The lowest BCUT2D eigenvalue weighted by atomic mass is 10.2. The van der Waals surface area contributed by atoms with Crippen molar-refractivity contribution in [2.75, 3.05) is 0 Å². The van der Waals surface area contributed by atoms with Crippen LogP contribution in [0.2, 0.25) is 0 Å². The molecule has 0 bridgehead atoms. The van der Waals surface area contributed by atoms with Gasteiger partial charge in [-0.3, -0.25) is 4.98 Å². The molecule has 0 spiro atoms. The van der Waals surface area contributed by atoms with E-state index in [4.69, 9.17) is 5.73 Å². The molecule has 0 aliphatic carbocycles. The molecular weight excluding hydrogens is 200 g/mol. The molecule has 2 N–H and O–H groups in total. The zero-order chi connectivity index (χ0) is 11.5. The number of aryl methyl sites for hydroxylation is 1. The number of aromatic nitrogens is 3. The number of hydrogen-bond donors (Lipinski definition) is 1. The molecule has 2 aromatic rings. The van der Waals surface area contributed by atoms with Gasteiger partial charge in [0.2, 0.25) is 0 Å². The first-order valence-corrected chi connectivity index (χ1v) is 5.33. The van der Waals surface area contributed by atoms with Crippen molar-refractivity contribution in [2.45, 2.75) is 26.9 Å². The monoisotopic (exact) mass is 216 g/mol. The van der Waals surface area contributed by atoms with E-state index in [0.29, 0.717) is 6.54 Å². The molecule has 84 valence electrons. The van der Waals surface area contributed by atoms with Crippen molar-refractivity contribution in [2.24, 2.45) is 5.73 Å². The molecule has 0 aliphatic rings. The number of nitrogens with zero attached hydrogens (tertiary/aromatic N) is 3. The highest BCUT2D eigenvalue weighted by Crippen LogP contribution is 2.09. The van der Waals surface area contributed by atoms with E-state index in [1.165, 1.54) is 11.3 Å². The summed E-state index contributed by atoms with van der Waals surface area (Å²) in [6.45, 7) is 5.40. The van der Waals surface area contributed by atoms with Gasteiger partial charge in [0.15, 0.2) is 0 Å². The molecule has 0 atom stereocenters. The quantitative estimate of drug-likeness (QED) is 0.843. The first-order chi connectivity index (χ1) is 7.70. The Morgan fingerprint density at radius 2 is 2.12 bits per heavy atom. The second-order valence-corrected chi connectivity index (χ2v) is 3.90. The molecule has 0 radical (unpaired) electrons. The number of imidazole rings is 1. The highest BCUT2D eigenvalue weighted by molar-refractivity contribution is 5.18. The lowest BCUT2D eigenvalue weighted by Gasteiger charge is -2.06. The van der Waals surface area contributed by atoms with Crippen LogP contribution in [-0.4, -0.2) is 14.5 Å². The topological polar surface area (TPSA) is 56.7 Å². The molecule has 0 unspecified atom stereocenters. The molecule has 2 aromatic heterocycles. The molecule has 2 heterocycles. The Kier molecular flexibility index (Phi) is 3.01. The lowest BCUT2D eigenvalue weighted by Crippen LogP contribution is -2.04. The molecular formula is C12H16N4. The first kappa shape index (κ1) is 10.8. The molecule has 16 heavy (non-hydrogen) atoms. The van der Waals surface area contributed by atoms with Crippen LogP contribution in [0.1, 0.15) is 22.6 Å². The summed E-state index contributed by atoms with van der Waals surface area (Å²) in [6, 6.07) is 4.04. The Morgan fingerprint density at radius 3 is 2.75 bits per heavy atom. The summed E-state index contributed by atoms with van der Waals surface area (Å²) in [5.74, 6) is 0. The molecule has 0 aliphatic heterocycles. The molecule has 4 heteroatoms. The van der Waals surface area contributed by atoms with Crippen LogP contribution < -0.4 is 5.73 Å². The Morgan fingerprint density at radius 1 is 1.31 bits per heavy atom. The average molecular weight is 216 g/mol. The van der Waals surface area contributed by atoms with Crippen LogP contribution >= 0.6 is 0 Å². The van der Waals surface area contributed by atoms with Crippen molar-refractivity contribution >= 4 is 0 Å². The fraction of sp³-hybridized carbons (Fsp3) is 0.333. The van der Waals surface area contributed by atoms with E-state index in [0.717, 1.165) is 17.9 Å². The van der Waals surface area contributed by atoms with Crippen LogP contribution in [0.25, 0.3) is 0 Å². The molecule has 0 aromatic carbocycles. The number of pyridine rings is 1. The van der Waals surface area contributed by atoms with Crippen LogP contribution in [0.15, 0.2) is 24.7 Å². The summed E-state index contributed by atoms with van der Waals surface area (Å²) in [4.78, 5) is 8.45. The Labute approximate surface area is 95.1 Å². The highest BCUT2D eigenvalue weighted by Gasteiger charge is 2.03. The van der Waals surface area contributed by atoms with Gasteiger partial charge in [0.1, 0.15) is 0 Å². The maximum atomic E-state index is 5.56. The largest absolute Gasteiger partial charge is 0.330 e. The van der Waals surface area contributed by atoms with Gasteiger partial charge in [-0.05, 0) is 31.5 Å². The second kappa shape index (κ2) is 4.45. The van der Waals surface area contributed by atoms with E-state index in [9.17, 15) is 0 Å². The standard InChI is InChI=1S/C12H16N4/c1-9-10(2)16(8-15-9)7-11-3-4-14-12(5-11)6-13/h3-5,8H,6-7,13H2,1-2H3. The fourth-order valence-electron chi connectivity index (χ4n) is 1.64. The van der Waals surface area contributed by atoms with Crippen molar-refractivity contribution in [3.8, 4) is 0 Å². The summed E-state index contributed by atoms with van der Waals surface area (Å²) in [6.07, 6.45) is 3.67. The van der Waals surface area contributed by atoms with Crippen molar-refractivity contribution in [3.05, 3.63) is 47.3 Å². The third-order valence-electron chi connectivity index (χ3n) is 2.79. The van der Waals surface area contributed by atoms with Crippen molar-refractivity contribution in [3.63, 3.8) is 0 Å². The molecule has 0 saturated carbocycles. The smallest absolute Gasteiger partial charge is 0.0954 e. The van der Waals surface area contributed by atoms with Gasteiger partial charge in [-0.2, -0.15) is 0 Å². The third-order valence-corrected chi connectivity index (χ3v) is 2.79. The van der Waals surface area contributed by atoms with Gasteiger partial charge in [0, 0.05) is 25.0 Å². The van der Waals surface area contributed by atoms with E-state index in [-0.39, 0.29) is 0 Å². The summed E-state index contributed by atoms with van der Waals surface area (Å²) in [5.41, 5.74) is 9.97. The second-order valence-electron chi connectivity index (χ2n) is 3.90. The number of rotatable bonds is 3. The SMILES string of the molecule is Cc1ncn(Cc2ccnc(CN)c2)c1C. The van der Waals surface area contributed by atoms with Gasteiger partial charge in [-0.15, -0.1) is 0 Å². The van der Waals surface area contributed by atoms with Gasteiger partial charge < -0.3 is 10.3 Å². The summed E-state index contributed by atoms with van der Waals surface area (Å²) >= 11 is 0. The lowest BCUT2D eigenvalue weighted by molar-refractivity contribution is 0.764. The third kappa shape index (κ3) is 2.12. The number of hydrogen-bond acceptors (Lipinski definition) is 3. The minimum absolute atomic E-state index is 0.482. The predicted octanol–water partition coefficient (Wildman–Crippen LogP) is 1.40. The van der Waals surface area contributed by atoms with Crippen molar-refractivity contribution in [1.82, 2.24) is 14.5 Å². The molecule has 0 fully saturated rings. The molecule has 0 saturated heterocycles. The van der Waals surface area contributed by atoms with Crippen molar-refractivity contribution < 1.29 is 0 Å². The van der Waals surface area contributed by atoms with Crippen LogP contribution in [0.5, 0.6) is 0 Å². The highest BCUT2D eigenvalue weighted by atomic mass is 15.0. The van der Waals surface area contributed by atoms with Gasteiger partial charge >= 0.3 is 0 Å². The van der Waals surface area contributed by atoms with Gasteiger partial charge in [0.25, 0.3) is 0 Å². The van der Waals surface area contributed by atoms with E-state index in [1.807, 2.05) is 25.4 Å². The average Bonchev–Trinajstić information content (AvgIpc) is 2.61. The van der Waals surface area contributed by atoms with Crippen LogP contribution in [0, 0.1) is 13.8 Å². The minimum Gasteiger partial charge on any atom is -0.330 e. The Bertz CT molecular complexity index is 488. The Balaban J connectivity index is 2.23. The summed E-state index contributed by atoms with van der Waals surface area (Å²) in [7, 11) is 0. The molecule has 4 nitrogen and oxygen atoms in total. The van der Waals surface area contributed by atoms with Crippen LogP contribution in [-0.2, 0) is 13.1 Å². The summed E-state index contributed by atoms with van der Waals surface area (Å²) in [5, 5.41) is 0. The van der Waals surface area contributed by atoms with E-state index in [2.05, 4.69) is 21.5 Å². The normalized spacial score (nSPS) is 10.7. The molecule has 2 rings (SSSR count). The van der Waals surface area contributed by atoms with E-state index >= 15 is 0 Å². The van der Waals surface area contributed by atoms with E-state index < -0.39 is 0 Å². The summed E-state index contributed by atoms with van der Waals surface area (Å²) < 4.78 is 2.13. The van der Waals surface area contributed by atoms with Crippen LogP contribution in [0.4, 0.5) is 0 Å². The zero-order valence-corrected chi connectivity index (χ0v) is 9.64. The minimum atomic E-state index is 0.482. The first-order valence-electron chi connectivity index (χ1n) is 5.33.